The van der Waals surface area contributed by atoms with E-state index in [1.807, 2.05) is 36.9 Å². The molecule has 4 rings (SSSR count). The minimum absolute atomic E-state index is 0.181. The number of phenolic OH excluding ortho intramolecular Hbond substituents is 1. The quantitative estimate of drug-likeness (QED) is 0.612. The molecule has 0 radical (unpaired) electrons. The average molecular weight is 394 g/mol. The number of aryl methyl sites for hydroxylation is 2. The fraction of sp³-hybridized carbons (Fsp3) is 0.381. The smallest absolute Gasteiger partial charge is 0.229 e. The molecule has 29 heavy (non-hydrogen) atoms. The molecule has 0 aliphatic carbocycles. The number of rotatable bonds is 5. The van der Waals surface area contributed by atoms with Crippen LogP contribution >= 0.6 is 0 Å². The van der Waals surface area contributed by atoms with Crippen LogP contribution in [0.3, 0.4) is 0 Å². The molecule has 1 saturated heterocycles. The lowest BCUT2D eigenvalue weighted by Gasteiger charge is -2.34. The maximum Gasteiger partial charge on any atom is 0.229 e. The SMILES string of the molecule is Cc1cc(N2CCC([C@@H](O)c3nccn3C)CC2)nc(Nc2cccc(O)c2)n1. The molecule has 1 aliphatic heterocycles. The normalized spacial score (nSPS) is 16.0. The van der Waals surface area contributed by atoms with E-state index in [-0.39, 0.29) is 11.7 Å². The number of aromatic hydroxyl groups is 1. The lowest BCUT2D eigenvalue weighted by Crippen LogP contribution is -2.36. The van der Waals surface area contributed by atoms with Gasteiger partial charge in [0.15, 0.2) is 0 Å². The summed E-state index contributed by atoms with van der Waals surface area (Å²) in [7, 11) is 1.91. The number of phenols is 1. The van der Waals surface area contributed by atoms with Crippen LogP contribution in [0.15, 0.2) is 42.7 Å². The van der Waals surface area contributed by atoms with Crippen molar-refractivity contribution < 1.29 is 10.2 Å². The summed E-state index contributed by atoms with van der Waals surface area (Å²) in [5, 5.41) is 23.5. The third kappa shape index (κ3) is 4.32. The minimum Gasteiger partial charge on any atom is -0.508 e. The first-order valence-corrected chi connectivity index (χ1v) is 9.81. The molecule has 0 bridgehead atoms. The van der Waals surface area contributed by atoms with E-state index in [2.05, 4.69) is 25.2 Å². The molecule has 0 unspecified atom stereocenters. The first kappa shape index (κ1) is 19.2. The number of aromatic nitrogens is 4. The van der Waals surface area contributed by atoms with Crippen molar-refractivity contribution in [3.05, 3.63) is 54.2 Å². The van der Waals surface area contributed by atoms with Gasteiger partial charge in [-0.2, -0.15) is 4.98 Å². The van der Waals surface area contributed by atoms with Crippen LogP contribution in [0.2, 0.25) is 0 Å². The minimum atomic E-state index is -0.549. The van der Waals surface area contributed by atoms with Gasteiger partial charge in [-0.3, -0.25) is 0 Å². The molecular formula is C21H26N6O2. The van der Waals surface area contributed by atoms with Crippen molar-refractivity contribution in [2.75, 3.05) is 23.3 Å². The van der Waals surface area contributed by atoms with Crippen LogP contribution in [0.25, 0.3) is 0 Å². The molecule has 0 spiro atoms. The van der Waals surface area contributed by atoms with Crippen molar-refractivity contribution in [1.29, 1.82) is 0 Å². The van der Waals surface area contributed by atoms with Crippen molar-refractivity contribution in [3.63, 3.8) is 0 Å². The zero-order valence-corrected chi connectivity index (χ0v) is 16.7. The van der Waals surface area contributed by atoms with Crippen LogP contribution in [0.1, 0.15) is 30.5 Å². The van der Waals surface area contributed by atoms with Gasteiger partial charge in [-0.1, -0.05) is 6.07 Å². The highest BCUT2D eigenvalue weighted by Gasteiger charge is 2.29. The molecule has 1 aliphatic rings. The maximum absolute atomic E-state index is 10.7. The molecule has 2 aromatic heterocycles. The molecule has 3 heterocycles. The third-order valence-corrected chi connectivity index (χ3v) is 5.38. The second-order valence-electron chi connectivity index (χ2n) is 7.53. The van der Waals surface area contributed by atoms with Gasteiger partial charge in [0.2, 0.25) is 5.95 Å². The van der Waals surface area contributed by atoms with E-state index < -0.39 is 6.10 Å². The van der Waals surface area contributed by atoms with Crippen LogP contribution in [-0.4, -0.2) is 42.8 Å². The van der Waals surface area contributed by atoms with E-state index >= 15 is 0 Å². The Balaban J connectivity index is 1.44. The Morgan fingerprint density at radius 1 is 1.17 bits per heavy atom. The zero-order chi connectivity index (χ0) is 20.4. The summed E-state index contributed by atoms with van der Waals surface area (Å²) in [6.45, 7) is 3.57. The number of benzene rings is 1. The van der Waals surface area contributed by atoms with E-state index in [1.54, 1.807) is 24.4 Å². The molecule has 3 aromatic rings. The van der Waals surface area contributed by atoms with Crippen LogP contribution < -0.4 is 10.2 Å². The number of aliphatic hydroxyl groups excluding tert-OH is 1. The van der Waals surface area contributed by atoms with Crippen LogP contribution in [-0.2, 0) is 7.05 Å². The molecule has 1 fully saturated rings. The monoisotopic (exact) mass is 394 g/mol. The van der Waals surface area contributed by atoms with Gasteiger partial charge < -0.3 is 25.0 Å². The lowest BCUT2D eigenvalue weighted by molar-refractivity contribution is 0.0824. The standard InChI is InChI=1S/C21H26N6O2/c1-14-12-18(25-21(23-14)24-16-4-3-5-17(28)13-16)27-9-6-15(7-10-27)19(29)20-22-8-11-26(20)2/h3-5,8,11-13,15,19,28-29H,6-7,9-10H2,1-2H3,(H,23,24,25)/t19-/m1/s1. The molecule has 3 N–H and O–H groups in total. The average Bonchev–Trinajstić information content (AvgIpc) is 3.13. The first-order chi connectivity index (χ1) is 14.0. The fourth-order valence-electron chi connectivity index (χ4n) is 3.80. The Morgan fingerprint density at radius 3 is 2.66 bits per heavy atom. The number of anilines is 3. The van der Waals surface area contributed by atoms with Gasteiger partial charge in [-0.05, 0) is 37.8 Å². The Bertz CT molecular complexity index is 981. The second kappa shape index (κ2) is 8.08. The van der Waals surface area contributed by atoms with E-state index in [0.29, 0.717) is 5.95 Å². The molecule has 8 heteroatoms. The first-order valence-electron chi connectivity index (χ1n) is 9.81. The number of hydrogen-bond acceptors (Lipinski definition) is 7. The van der Waals surface area contributed by atoms with Crippen LogP contribution in [0.4, 0.5) is 17.5 Å². The molecule has 152 valence electrons. The molecule has 1 aromatic carbocycles. The number of nitrogens with one attached hydrogen (secondary N) is 1. The van der Waals surface area contributed by atoms with Gasteiger partial charge in [-0.15, -0.1) is 0 Å². The summed E-state index contributed by atoms with van der Waals surface area (Å²) in [4.78, 5) is 15.6. The van der Waals surface area contributed by atoms with E-state index in [0.717, 1.165) is 49.0 Å². The van der Waals surface area contributed by atoms with Gasteiger partial charge in [-0.25, -0.2) is 9.97 Å². The molecule has 1 atom stereocenters. The molecule has 0 amide bonds. The highest BCUT2D eigenvalue weighted by Crippen LogP contribution is 2.31. The number of nitrogens with zero attached hydrogens (tertiary/aromatic N) is 5. The zero-order valence-electron chi connectivity index (χ0n) is 16.7. The number of hydrogen-bond donors (Lipinski definition) is 3. The number of aliphatic hydroxyl groups is 1. The van der Waals surface area contributed by atoms with E-state index in [4.69, 9.17) is 0 Å². The maximum atomic E-state index is 10.7. The summed E-state index contributed by atoms with van der Waals surface area (Å²) in [6, 6.07) is 8.86. The molecule has 0 saturated carbocycles. The number of imidazole rings is 1. The summed E-state index contributed by atoms with van der Waals surface area (Å²) in [6.07, 6.45) is 4.77. The Morgan fingerprint density at radius 2 is 1.97 bits per heavy atom. The Kier molecular flexibility index (Phi) is 5.35. The highest BCUT2D eigenvalue weighted by atomic mass is 16.3. The van der Waals surface area contributed by atoms with Crippen molar-refractivity contribution in [2.24, 2.45) is 13.0 Å². The van der Waals surface area contributed by atoms with Gasteiger partial charge in [0.1, 0.15) is 23.5 Å². The Hall–Kier alpha value is -3.13. The van der Waals surface area contributed by atoms with Crippen LogP contribution in [0, 0.1) is 12.8 Å². The summed E-state index contributed by atoms with van der Waals surface area (Å²) in [5.41, 5.74) is 1.60. The summed E-state index contributed by atoms with van der Waals surface area (Å²) < 4.78 is 1.88. The van der Waals surface area contributed by atoms with Crippen molar-refractivity contribution in [1.82, 2.24) is 19.5 Å². The van der Waals surface area contributed by atoms with E-state index in [1.165, 1.54) is 0 Å². The van der Waals surface area contributed by atoms with E-state index in [9.17, 15) is 10.2 Å². The topological polar surface area (TPSA) is 99.3 Å². The van der Waals surface area contributed by atoms with Gasteiger partial charge in [0.25, 0.3) is 0 Å². The van der Waals surface area contributed by atoms with Gasteiger partial charge in [0, 0.05) is 56.0 Å². The van der Waals surface area contributed by atoms with Gasteiger partial charge in [0.05, 0.1) is 0 Å². The fourth-order valence-corrected chi connectivity index (χ4v) is 3.80. The molecular weight excluding hydrogens is 368 g/mol. The summed E-state index contributed by atoms with van der Waals surface area (Å²) >= 11 is 0. The Labute approximate surface area is 169 Å². The largest absolute Gasteiger partial charge is 0.508 e. The second-order valence-corrected chi connectivity index (χ2v) is 7.53. The predicted octanol–water partition coefficient (Wildman–Crippen LogP) is 2.92. The lowest BCUT2D eigenvalue weighted by atomic mass is 9.90. The van der Waals surface area contributed by atoms with Crippen molar-refractivity contribution in [3.8, 4) is 5.75 Å². The third-order valence-electron chi connectivity index (χ3n) is 5.38. The summed E-state index contributed by atoms with van der Waals surface area (Å²) in [5.74, 6) is 2.46. The van der Waals surface area contributed by atoms with Crippen LogP contribution in [0.5, 0.6) is 5.75 Å². The van der Waals surface area contributed by atoms with Gasteiger partial charge >= 0.3 is 0 Å². The highest BCUT2D eigenvalue weighted by molar-refractivity contribution is 5.57. The molecule has 8 nitrogen and oxygen atoms in total. The van der Waals surface area contributed by atoms with Crippen molar-refractivity contribution >= 4 is 17.5 Å². The number of piperidine rings is 1. The van der Waals surface area contributed by atoms with Crippen molar-refractivity contribution in [2.45, 2.75) is 25.9 Å². The predicted molar refractivity (Wildman–Crippen MR) is 111 cm³/mol.